The van der Waals surface area contributed by atoms with E-state index in [-0.39, 0.29) is 5.60 Å². The van der Waals surface area contributed by atoms with E-state index in [0.717, 1.165) is 36.1 Å². The topological polar surface area (TPSA) is 21.3 Å². The smallest absolute Gasteiger partial charge is 0.106 e. The molecule has 0 unspecified atom stereocenters. The monoisotopic (exact) mass is 297 g/mol. The number of hydrogen-bond acceptors (Lipinski definition) is 3. The zero-order valence-electron chi connectivity index (χ0n) is 11.2. The van der Waals surface area contributed by atoms with Crippen molar-refractivity contribution in [1.29, 1.82) is 0 Å². The lowest BCUT2D eigenvalue weighted by Gasteiger charge is -2.46. The van der Waals surface area contributed by atoms with Gasteiger partial charge in [0.25, 0.3) is 0 Å². The van der Waals surface area contributed by atoms with Crippen LogP contribution in [0.1, 0.15) is 43.0 Å². The second-order valence-corrected chi connectivity index (χ2v) is 8.10. The van der Waals surface area contributed by atoms with E-state index in [4.69, 9.17) is 16.3 Å². The number of hydrogen-bond donors (Lipinski definition) is 1. The average molecular weight is 298 g/mol. The third-order valence-corrected chi connectivity index (χ3v) is 6.31. The van der Waals surface area contributed by atoms with Gasteiger partial charge in [0.15, 0.2) is 0 Å². The van der Waals surface area contributed by atoms with Crippen molar-refractivity contribution < 1.29 is 4.74 Å². The molecule has 1 saturated heterocycles. The lowest BCUT2D eigenvalue weighted by Crippen LogP contribution is -2.54. The van der Waals surface area contributed by atoms with Gasteiger partial charge in [0.2, 0.25) is 0 Å². The van der Waals surface area contributed by atoms with E-state index in [1.165, 1.54) is 23.3 Å². The van der Waals surface area contributed by atoms with Gasteiger partial charge in [0, 0.05) is 17.0 Å². The number of rotatable bonds is 1. The van der Waals surface area contributed by atoms with Gasteiger partial charge in [0.05, 0.1) is 10.9 Å². The largest absolute Gasteiger partial charge is 0.369 e. The minimum absolute atomic E-state index is 0.0523. The summed E-state index contributed by atoms with van der Waals surface area (Å²) in [5.74, 6) is 0.879. The molecule has 2 nitrogen and oxygen atoms in total. The van der Waals surface area contributed by atoms with Crippen LogP contribution in [0, 0.1) is 5.92 Å². The molecular weight excluding hydrogens is 278 g/mol. The highest BCUT2D eigenvalue weighted by Gasteiger charge is 2.48. The minimum atomic E-state index is -0.0523. The van der Waals surface area contributed by atoms with Crippen LogP contribution >= 0.6 is 22.9 Å². The Kier molecular flexibility index (Phi) is 2.96. The first-order valence-electron chi connectivity index (χ1n) is 7.35. The molecule has 0 amide bonds. The fourth-order valence-electron chi connectivity index (χ4n) is 3.91. The Morgan fingerprint density at radius 1 is 1.42 bits per heavy atom. The fourth-order valence-corrected chi connectivity index (χ4v) is 5.37. The van der Waals surface area contributed by atoms with E-state index in [2.05, 4.69) is 18.3 Å². The van der Waals surface area contributed by atoms with Crippen LogP contribution in [0.4, 0.5) is 0 Å². The molecule has 1 aromatic heterocycles. The fraction of sp³-hybridized carbons (Fsp3) is 0.733. The maximum absolute atomic E-state index is 6.34. The molecule has 2 fully saturated rings. The summed E-state index contributed by atoms with van der Waals surface area (Å²) < 4.78 is 7.26. The quantitative estimate of drug-likeness (QED) is 0.853. The first-order valence-corrected chi connectivity index (χ1v) is 8.54. The predicted octanol–water partition coefficient (Wildman–Crippen LogP) is 3.72. The Hall–Kier alpha value is -0.0900. The normalized spacial score (nSPS) is 38.4. The molecule has 1 spiro atoms. The van der Waals surface area contributed by atoms with E-state index in [1.807, 2.05) is 0 Å². The van der Waals surface area contributed by atoms with Gasteiger partial charge in [-0.15, -0.1) is 11.3 Å². The molecule has 19 heavy (non-hydrogen) atoms. The molecule has 3 atom stereocenters. The summed E-state index contributed by atoms with van der Waals surface area (Å²) in [7, 11) is 0. The van der Waals surface area contributed by atoms with E-state index < -0.39 is 0 Å². The molecule has 0 aromatic carbocycles. The average Bonchev–Trinajstić information content (AvgIpc) is 3.12. The van der Waals surface area contributed by atoms with E-state index >= 15 is 0 Å². The first-order chi connectivity index (χ1) is 9.16. The zero-order chi connectivity index (χ0) is 13.0. The molecule has 0 bridgehead atoms. The summed E-state index contributed by atoms with van der Waals surface area (Å²) in [6.07, 6.45) is 6.01. The van der Waals surface area contributed by atoms with Crippen molar-refractivity contribution in [1.82, 2.24) is 5.32 Å². The number of fused-ring (bicyclic) bond motifs is 2. The Balaban J connectivity index is 1.71. The van der Waals surface area contributed by atoms with Gasteiger partial charge in [-0.05, 0) is 56.6 Å². The number of ether oxygens (including phenoxy) is 1. The molecule has 3 heterocycles. The lowest BCUT2D eigenvalue weighted by molar-refractivity contribution is -0.0967. The minimum Gasteiger partial charge on any atom is -0.369 e. The van der Waals surface area contributed by atoms with Gasteiger partial charge in [-0.1, -0.05) is 11.6 Å². The molecular formula is C15H20ClNOS. The van der Waals surface area contributed by atoms with Crippen molar-refractivity contribution in [2.45, 2.75) is 56.7 Å². The van der Waals surface area contributed by atoms with Gasteiger partial charge in [0.1, 0.15) is 5.60 Å². The summed E-state index contributed by atoms with van der Waals surface area (Å²) in [6, 6.07) is 3.33. The van der Waals surface area contributed by atoms with Crippen molar-refractivity contribution in [3.8, 4) is 0 Å². The Bertz CT molecular complexity index is 498. The highest BCUT2D eigenvalue weighted by atomic mass is 35.5. The zero-order valence-corrected chi connectivity index (χ0v) is 12.8. The highest BCUT2D eigenvalue weighted by molar-refractivity contribution is 7.16. The van der Waals surface area contributed by atoms with Crippen molar-refractivity contribution in [2.75, 3.05) is 6.61 Å². The van der Waals surface area contributed by atoms with Crippen LogP contribution in [0.3, 0.4) is 0 Å². The second-order valence-electron chi connectivity index (χ2n) is 6.42. The highest BCUT2D eigenvalue weighted by Crippen LogP contribution is 2.50. The summed E-state index contributed by atoms with van der Waals surface area (Å²) in [5, 5.41) is 3.78. The standard InChI is InChI=1S/C15H20ClNOS/c1-9-7-15(8-12(17-9)10-2-3-10)14-11(4-5-18-15)6-13(16)19-14/h6,9-10,12,17H,2-5,7-8H2,1H3/t9-,12-,15-/m0/s1. The molecule has 1 N–H and O–H groups in total. The van der Waals surface area contributed by atoms with E-state index in [0.29, 0.717) is 12.1 Å². The summed E-state index contributed by atoms with van der Waals surface area (Å²) in [4.78, 5) is 1.42. The van der Waals surface area contributed by atoms with Gasteiger partial charge < -0.3 is 10.1 Å². The van der Waals surface area contributed by atoms with Crippen molar-refractivity contribution in [2.24, 2.45) is 5.92 Å². The van der Waals surface area contributed by atoms with Crippen molar-refractivity contribution in [3.05, 3.63) is 20.8 Å². The van der Waals surface area contributed by atoms with Crippen LogP contribution in [0.2, 0.25) is 4.34 Å². The van der Waals surface area contributed by atoms with Crippen molar-refractivity contribution in [3.63, 3.8) is 0 Å². The van der Waals surface area contributed by atoms with E-state index in [9.17, 15) is 0 Å². The predicted molar refractivity (Wildman–Crippen MR) is 79.0 cm³/mol. The lowest BCUT2D eigenvalue weighted by atomic mass is 9.78. The van der Waals surface area contributed by atoms with Crippen LogP contribution in [0.5, 0.6) is 0 Å². The first kappa shape index (κ1) is 12.6. The molecule has 4 rings (SSSR count). The van der Waals surface area contributed by atoms with Crippen LogP contribution < -0.4 is 5.32 Å². The molecule has 1 saturated carbocycles. The second kappa shape index (κ2) is 4.45. The molecule has 3 aliphatic rings. The van der Waals surface area contributed by atoms with Crippen LogP contribution in [0.25, 0.3) is 0 Å². The summed E-state index contributed by atoms with van der Waals surface area (Å²) in [5.41, 5.74) is 1.38. The van der Waals surface area contributed by atoms with Gasteiger partial charge >= 0.3 is 0 Å². The van der Waals surface area contributed by atoms with Crippen molar-refractivity contribution >= 4 is 22.9 Å². The van der Waals surface area contributed by atoms with Crippen LogP contribution in [0.15, 0.2) is 6.07 Å². The molecule has 4 heteroatoms. The number of nitrogens with one attached hydrogen (secondary N) is 1. The Labute approximate surface area is 123 Å². The Morgan fingerprint density at radius 3 is 3.05 bits per heavy atom. The molecule has 1 aliphatic carbocycles. The maximum Gasteiger partial charge on any atom is 0.106 e. The Morgan fingerprint density at radius 2 is 2.26 bits per heavy atom. The molecule has 1 aromatic rings. The molecule has 2 aliphatic heterocycles. The van der Waals surface area contributed by atoms with Gasteiger partial charge in [-0.3, -0.25) is 0 Å². The summed E-state index contributed by atoms with van der Waals surface area (Å²) in [6.45, 7) is 3.15. The van der Waals surface area contributed by atoms with E-state index in [1.54, 1.807) is 11.3 Å². The molecule has 104 valence electrons. The third kappa shape index (κ3) is 2.15. The van der Waals surface area contributed by atoms with Crippen LogP contribution in [-0.4, -0.2) is 18.7 Å². The summed E-state index contributed by atoms with van der Waals surface area (Å²) >= 11 is 7.99. The number of halogens is 1. The maximum atomic E-state index is 6.34. The van der Waals surface area contributed by atoms with Gasteiger partial charge in [-0.2, -0.15) is 0 Å². The molecule has 0 radical (unpaired) electrons. The third-order valence-electron chi connectivity index (χ3n) is 4.82. The van der Waals surface area contributed by atoms with Crippen LogP contribution in [-0.2, 0) is 16.8 Å². The number of piperidine rings is 1. The number of thiophene rings is 1. The SMILES string of the molecule is C[C@H]1C[C@@]2(C[C@@H](C3CC3)N1)OCCc1cc(Cl)sc12. The van der Waals surface area contributed by atoms with Gasteiger partial charge in [-0.25, -0.2) is 0 Å².